The van der Waals surface area contributed by atoms with Gasteiger partial charge in [0.15, 0.2) is 0 Å². The van der Waals surface area contributed by atoms with E-state index in [4.69, 9.17) is 0 Å². The number of hydrogen-bond donors (Lipinski definition) is 1. The number of nitrogens with zero attached hydrogens (tertiary/aromatic N) is 2. The molecule has 0 radical (unpaired) electrons. The van der Waals surface area contributed by atoms with Crippen LogP contribution >= 0.6 is 0 Å². The summed E-state index contributed by atoms with van der Waals surface area (Å²) in [6.07, 6.45) is 1.51. The Labute approximate surface area is 127 Å². The number of nitro groups is 1. The van der Waals surface area contributed by atoms with Gasteiger partial charge in [-0.15, -0.1) is 0 Å². The summed E-state index contributed by atoms with van der Waals surface area (Å²) >= 11 is 0. The minimum Gasteiger partial charge on any atom is -0.480 e. The molecule has 1 aromatic rings. The highest BCUT2D eigenvalue weighted by molar-refractivity contribution is 7.89. The van der Waals surface area contributed by atoms with E-state index in [9.17, 15) is 28.4 Å². The van der Waals surface area contributed by atoms with Gasteiger partial charge in [0, 0.05) is 18.2 Å². The SMILES string of the molecule is Cc1cc(S(=O)(=O)N2CCCCC2C(=O)O)ccc1[N+](=O)[O-]. The van der Waals surface area contributed by atoms with Crippen LogP contribution in [0.5, 0.6) is 0 Å². The Balaban J connectivity index is 2.43. The number of hydrogen-bond acceptors (Lipinski definition) is 5. The fourth-order valence-electron chi connectivity index (χ4n) is 2.57. The smallest absolute Gasteiger partial charge is 0.322 e. The molecule has 1 unspecified atom stereocenters. The lowest BCUT2D eigenvalue weighted by Crippen LogP contribution is -2.47. The number of piperidine rings is 1. The molecular weight excluding hydrogens is 312 g/mol. The minimum atomic E-state index is -3.99. The van der Waals surface area contributed by atoms with Gasteiger partial charge in [0.2, 0.25) is 10.0 Å². The molecule has 1 atom stereocenters. The number of carboxylic acids is 1. The Bertz CT molecular complexity index is 715. The molecule has 1 N–H and O–H groups in total. The van der Waals surface area contributed by atoms with E-state index < -0.39 is 27.0 Å². The van der Waals surface area contributed by atoms with Crippen molar-refractivity contribution in [3.05, 3.63) is 33.9 Å². The lowest BCUT2D eigenvalue weighted by Gasteiger charge is -2.31. The molecule has 0 aliphatic carbocycles. The lowest BCUT2D eigenvalue weighted by atomic mass is 10.1. The number of benzene rings is 1. The first-order valence-electron chi connectivity index (χ1n) is 6.75. The van der Waals surface area contributed by atoms with Crippen LogP contribution in [0.3, 0.4) is 0 Å². The second kappa shape index (κ2) is 6.01. The Kier molecular flexibility index (Phi) is 4.47. The number of rotatable bonds is 4. The van der Waals surface area contributed by atoms with Crippen LogP contribution in [-0.2, 0) is 14.8 Å². The molecular formula is C13H16N2O6S. The molecule has 120 valence electrons. The zero-order chi connectivity index (χ0) is 16.5. The first-order chi connectivity index (χ1) is 10.2. The van der Waals surface area contributed by atoms with Crippen LogP contribution in [0.2, 0.25) is 0 Å². The molecule has 1 fully saturated rings. The molecule has 1 aromatic carbocycles. The van der Waals surface area contributed by atoms with E-state index in [0.717, 1.165) is 16.4 Å². The van der Waals surface area contributed by atoms with Gasteiger partial charge in [-0.1, -0.05) is 0 Å². The average Bonchev–Trinajstić information content (AvgIpc) is 2.46. The van der Waals surface area contributed by atoms with Crippen molar-refractivity contribution in [2.75, 3.05) is 6.54 Å². The van der Waals surface area contributed by atoms with E-state index in [0.29, 0.717) is 12.8 Å². The third kappa shape index (κ3) is 2.95. The number of aryl methyl sites for hydroxylation is 1. The van der Waals surface area contributed by atoms with Crippen molar-refractivity contribution >= 4 is 21.7 Å². The van der Waals surface area contributed by atoms with Gasteiger partial charge in [-0.05, 0) is 38.3 Å². The fourth-order valence-corrected chi connectivity index (χ4v) is 4.30. The summed E-state index contributed by atoms with van der Waals surface area (Å²) in [6, 6.07) is 2.39. The Morgan fingerprint density at radius 1 is 1.41 bits per heavy atom. The second-order valence-electron chi connectivity index (χ2n) is 5.17. The van der Waals surface area contributed by atoms with Crippen molar-refractivity contribution in [3.63, 3.8) is 0 Å². The number of nitro benzene ring substituents is 1. The standard InChI is InChI=1S/C13H16N2O6S/c1-9-8-10(5-6-11(9)15(18)19)22(20,21)14-7-3-2-4-12(14)13(16)17/h5-6,8,12H,2-4,7H2,1H3,(H,16,17). The predicted octanol–water partition coefficient (Wildman–Crippen LogP) is 1.53. The van der Waals surface area contributed by atoms with E-state index in [2.05, 4.69) is 0 Å². The van der Waals surface area contributed by atoms with Gasteiger partial charge in [-0.2, -0.15) is 4.31 Å². The molecule has 1 aliphatic heterocycles. The van der Waals surface area contributed by atoms with Crippen LogP contribution in [-0.4, -0.2) is 41.3 Å². The predicted molar refractivity (Wildman–Crippen MR) is 77.0 cm³/mol. The van der Waals surface area contributed by atoms with Crippen molar-refractivity contribution in [3.8, 4) is 0 Å². The molecule has 0 aromatic heterocycles. The molecule has 0 saturated carbocycles. The third-order valence-electron chi connectivity index (χ3n) is 3.71. The Morgan fingerprint density at radius 3 is 2.64 bits per heavy atom. The first-order valence-corrected chi connectivity index (χ1v) is 8.19. The molecule has 1 aliphatic rings. The van der Waals surface area contributed by atoms with Crippen LogP contribution in [0.4, 0.5) is 5.69 Å². The van der Waals surface area contributed by atoms with Crippen LogP contribution in [0, 0.1) is 17.0 Å². The highest BCUT2D eigenvalue weighted by atomic mass is 32.2. The monoisotopic (exact) mass is 328 g/mol. The topological polar surface area (TPSA) is 118 Å². The van der Waals surface area contributed by atoms with Gasteiger partial charge in [0.25, 0.3) is 5.69 Å². The van der Waals surface area contributed by atoms with Gasteiger partial charge in [0.05, 0.1) is 9.82 Å². The van der Waals surface area contributed by atoms with E-state index in [1.54, 1.807) is 0 Å². The summed E-state index contributed by atoms with van der Waals surface area (Å²) in [7, 11) is -3.99. The molecule has 9 heteroatoms. The maximum absolute atomic E-state index is 12.6. The third-order valence-corrected chi connectivity index (χ3v) is 5.61. The molecule has 2 rings (SSSR count). The Morgan fingerprint density at radius 2 is 2.09 bits per heavy atom. The Hall–Kier alpha value is -2.00. The van der Waals surface area contributed by atoms with Gasteiger partial charge in [-0.25, -0.2) is 8.42 Å². The van der Waals surface area contributed by atoms with E-state index in [-0.39, 0.29) is 29.1 Å². The normalized spacial score (nSPS) is 19.8. The van der Waals surface area contributed by atoms with Crippen LogP contribution in [0.15, 0.2) is 23.1 Å². The average molecular weight is 328 g/mol. The molecule has 1 saturated heterocycles. The molecule has 8 nitrogen and oxygen atoms in total. The van der Waals surface area contributed by atoms with Crippen molar-refractivity contribution in [2.24, 2.45) is 0 Å². The number of sulfonamides is 1. The summed E-state index contributed by atoms with van der Waals surface area (Å²) in [6.45, 7) is 1.58. The lowest BCUT2D eigenvalue weighted by molar-refractivity contribution is -0.385. The molecule has 1 heterocycles. The van der Waals surface area contributed by atoms with Crippen molar-refractivity contribution < 1.29 is 23.2 Å². The minimum absolute atomic E-state index is 0.122. The first kappa shape index (κ1) is 16.4. The summed E-state index contributed by atoms with van der Waals surface area (Å²) in [4.78, 5) is 21.3. The van der Waals surface area contributed by atoms with E-state index in [1.165, 1.54) is 13.0 Å². The summed E-state index contributed by atoms with van der Waals surface area (Å²) in [5.74, 6) is -1.18. The molecule has 22 heavy (non-hydrogen) atoms. The van der Waals surface area contributed by atoms with Crippen molar-refractivity contribution in [1.29, 1.82) is 0 Å². The van der Waals surface area contributed by atoms with Gasteiger partial charge >= 0.3 is 5.97 Å². The summed E-state index contributed by atoms with van der Waals surface area (Å²) < 4.78 is 26.2. The van der Waals surface area contributed by atoms with Crippen LogP contribution in [0.25, 0.3) is 0 Å². The zero-order valence-electron chi connectivity index (χ0n) is 11.9. The van der Waals surface area contributed by atoms with Crippen molar-refractivity contribution in [2.45, 2.75) is 37.1 Å². The highest BCUT2D eigenvalue weighted by Crippen LogP contribution is 2.28. The summed E-state index contributed by atoms with van der Waals surface area (Å²) in [5, 5.41) is 20.0. The molecule has 0 bridgehead atoms. The number of aliphatic carboxylic acids is 1. The maximum Gasteiger partial charge on any atom is 0.322 e. The van der Waals surface area contributed by atoms with Crippen LogP contribution in [0.1, 0.15) is 24.8 Å². The quantitative estimate of drug-likeness (QED) is 0.661. The zero-order valence-corrected chi connectivity index (χ0v) is 12.7. The van der Waals surface area contributed by atoms with Gasteiger partial charge in [-0.3, -0.25) is 14.9 Å². The molecule has 0 spiro atoms. The number of carbonyl (C=O) groups is 1. The van der Waals surface area contributed by atoms with E-state index >= 15 is 0 Å². The highest BCUT2D eigenvalue weighted by Gasteiger charge is 2.37. The van der Waals surface area contributed by atoms with Crippen molar-refractivity contribution in [1.82, 2.24) is 4.31 Å². The van der Waals surface area contributed by atoms with Crippen LogP contribution < -0.4 is 0 Å². The summed E-state index contributed by atoms with van der Waals surface area (Å²) in [5.41, 5.74) is 0.0438. The van der Waals surface area contributed by atoms with E-state index in [1.807, 2.05) is 0 Å². The fraction of sp³-hybridized carbons (Fsp3) is 0.462. The number of carboxylic acid groups (broad SMARTS) is 1. The van der Waals surface area contributed by atoms with Gasteiger partial charge < -0.3 is 5.11 Å². The van der Waals surface area contributed by atoms with Gasteiger partial charge in [0.1, 0.15) is 6.04 Å². The largest absolute Gasteiger partial charge is 0.480 e. The molecule has 0 amide bonds. The second-order valence-corrected chi connectivity index (χ2v) is 7.06. The maximum atomic E-state index is 12.6.